The van der Waals surface area contributed by atoms with Crippen molar-refractivity contribution < 1.29 is 20.1 Å². The molecule has 0 fully saturated rings. The van der Waals surface area contributed by atoms with Crippen LogP contribution >= 0.6 is 0 Å². The number of hydrogen-bond acceptors (Lipinski definition) is 4. The molecule has 0 spiro atoms. The summed E-state index contributed by atoms with van der Waals surface area (Å²) in [4.78, 5) is 12.3. The maximum atomic E-state index is 12.3. The third-order valence-corrected chi connectivity index (χ3v) is 8.21. The monoisotopic (exact) mass is 556 g/mol. The highest BCUT2D eigenvalue weighted by Gasteiger charge is 2.26. The summed E-state index contributed by atoms with van der Waals surface area (Å²) in [6.07, 6.45) is 30.4. The molecule has 0 saturated heterocycles. The molecule has 0 bridgehead atoms. The molecule has 0 rings (SSSR count). The van der Waals surface area contributed by atoms with E-state index in [4.69, 9.17) is 0 Å². The molecule has 5 heteroatoms. The molecule has 5 nitrogen and oxygen atoms in total. The lowest BCUT2D eigenvalue weighted by Gasteiger charge is -2.26. The molecule has 0 aromatic carbocycles. The normalized spacial score (nSPS) is 13.9. The fourth-order valence-electron chi connectivity index (χ4n) is 5.45. The number of aliphatic hydroxyl groups is 3. The predicted octanol–water partition coefficient (Wildman–Crippen LogP) is 8.76. The quantitative estimate of drug-likeness (QED) is 0.0644. The largest absolute Gasteiger partial charge is 0.394 e. The minimum absolute atomic E-state index is 0.145. The molecule has 4 N–H and O–H groups in total. The first kappa shape index (κ1) is 38.4. The third kappa shape index (κ3) is 26.0. The van der Waals surface area contributed by atoms with E-state index < -0.39 is 18.2 Å². The van der Waals surface area contributed by atoms with Crippen LogP contribution in [0.5, 0.6) is 0 Å². The Balaban J connectivity index is 3.68. The Morgan fingerprint density at radius 1 is 0.538 bits per heavy atom. The number of aliphatic hydroxyl groups excluding tert-OH is 3. The summed E-state index contributed by atoms with van der Waals surface area (Å²) in [5.74, 6) is -0.145. The number of carbonyl (C=O) groups excluding carboxylic acids is 1. The van der Waals surface area contributed by atoms with Gasteiger partial charge in [-0.2, -0.15) is 0 Å². The van der Waals surface area contributed by atoms with Crippen LogP contribution in [0.25, 0.3) is 0 Å². The van der Waals surface area contributed by atoms with Gasteiger partial charge in [0, 0.05) is 6.42 Å². The van der Waals surface area contributed by atoms with Gasteiger partial charge in [0.2, 0.25) is 5.91 Å². The first-order valence-electron chi connectivity index (χ1n) is 17.3. The van der Waals surface area contributed by atoms with Gasteiger partial charge in [0.15, 0.2) is 0 Å². The van der Waals surface area contributed by atoms with Crippen LogP contribution in [0, 0.1) is 0 Å². The Hall–Kier alpha value is -0.650. The Morgan fingerprint density at radius 2 is 0.872 bits per heavy atom. The van der Waals surface area contributed by atoms with Crippen molar-refractivity contribution in [3.8, 4) is 0 Å². The first-order valence-corrected chi connectivity index (χ1v) is 17.3. The molecule has 0 aromatic rings. The molecule has 1 amide bonds. The highest BCUT2D eigenvalue weighted by molar-refractivity contribution is 5.76. The molecule has 0 aliphatic carbocycles. The number of nitrogens with one attached hydrogen (secondary N) is 1. The zero-order valence-corrected chi connectivity index (χ0v) is 26.3. The zero-order valence-electron chi connectivity index (χ0n) is 26.3. The van der Waals surface area contributed by atoms with Crippen LogP contribution in [-0.2, 0) is 4.79 Å². The van der Waals surface area contributed by atoms with Crippen LogP contribution in [0.4, 0.5) is 0 Å². The first-order chi connectivity index (χ1) is 19.1. The Kier molecular flexibility index (Phi) is 29.8. The van der Waals surface area contributed by atoms with Crippen LogP contribution < -0.4 is 5.32 Å². The van der Waals surface area contributed by atoms with E-state index in [0.717, 1.165) is 38.5 Å². The fraction of sp³-hybridized carbons (Fsp3) is 0.971. The molecule has 39 heavy (non-hydrogen) atoms. The Labute approximate surface area is 243 Å². The van der Waals surface area contributed by atoms with Crippen molar-refractivity contribution in [3.63, 3.8) is 0 Å². The average Bonchev–Trinajstić information content (AvgIpc) is 2.94. The molecular formula is C34H69NO4. The van der Waals surface area contributed by atoms with Gasteiger partial charge in [-0.05, 0) is 12.8 Å². The van der Waals surface area contributed by atoms with Gasteiger partial charge in [0.25, 0.3) is 0 Å². The highest BCUT2D eigenvalue weighted by Crippen LogP contribution is 2.15. The van der Waals surface area contributed by atoms with E-state index in [9.17, 15) is 20.1 Å². The average molecular weight is 556 g/mol. The molecule has 0 aliphatic heterocycles. The van der Waals surface area contributed by atoms with Crippen molar-refractivity contribution in [2.45, 2.75) is 205 Å². The van der Waals surface area contributed by atoms with Crippen LogP contribution in [0.15, 0.2) is 0 Å². The second-order valence-electron chi connectivity index (χ2n) is 12.1. The van der Waals surface area contributed by atoms with Crippen LogP contribution in [0.1, 0.15) is 187 Å². The maximum Gasteiger partial charge on any atom is 0.220 e. The second-order valence-corrected chi connectivity index (χ2v) is 12.1. The van der Waals surface area contributed by atoms with Crippen molar-refractivity contribution in [2.24, 2.45) is 0 Å². The van der Waals surface area contributed by atoms with Gasteiger partial charge in [-0.1, -0.05) is 168 Å². The zero-order chi connectivity index (χ0) is 28.8. The summed E-state index contributed by atoms with van der Waals surface area (Å²) in [7, 11) is 0. The minimum Gasteiger partial charge on any atom is -0.394 e. The Morgan fingerprint density at radius 3 is 1.23 bits per heavy atom. The van der Waals surface area contributed by atoms with Crippen molar-refractivity contribution >= 4 is 5.91 Å². The molecule has 0 heterocycles. The number of rotatable bonds is 31. The highest BCUT2D eigenvalue weighted by atomic mass is 16.3. The Bertz CT molecular complexity index is 502. The second kappa shape index (κ2) is 30.3. The SMILES string of the molecule is CCCCCCCCCCCCCCCCC(=O)NC(CO)C(O)C(O)CCCCCCCCCCCCC. The number of hydrogen-bond donors (Lipinski definition) is 4. The molecule has 0 radical (unpaired) electrons. The van der Waals surface area contributed by atoms with Gasteiger partial charge >= 0.3 is 0 Å². The van der Waals surface area contributed by atoms with E-state index in [-0.39, 0.29) is 12.5 Å². The van der Waals surface area contributed by atoms with Crippen LogP contribution in [0.3, 0.4) is 0 Å². The van der Waals surface area contributed by atoms with E-state index in [2.05, 4.69) is 19.2 Å². The third-order valence-electron chi connectivity index (χ3n) is 8.21. The molecular weight excluding hydrogens is 486 g/mol. The summed E-state index contributed by atoms with van der Waals surface area (Å²) in [5, 5.41) is 33.2. The van der Waals surface area contributed by atoms with E-state index >= 15 is 0 Å². The van der Waals surface area contributed by atoms with Gasteiger partial charge in [-0.25, -0.2) is 0 Å². The summed E-state index contributed by atoms with van der Waals surface area (Å²) < 4.78 is 0. The van der Waals surface area contributed by atoms with E-state index in [1.807, 2.05) is 0 Å². The molecule has 0 saturated carbocycles. The van der Waals surface area contributed by atoms with E-state index in [1.54, 1.807) is 0 Å². The lowest BCUT2D eigenvalue weighted by molar-refractivity contribution is -0.124. The van der Waals surface area contributed by atoms with Gasteiger partial charge in [-0.3, -0.25) is 4.79 Å². The van der Waals surface area contributed by atoms with Crippen LogP contribution in [-0.4, -0.2) is 46.1 Å². The van der Waals surface area contributed by atoms with E-state index in [0.29, 0.717) is 12.8 Å². The van der Waals surface area contributed by atoms with Gasteiger partial charge < -0.3 is 20.6 Å². The maximum absolute atomic E-state index is 12.3. The summed E-state index contributed by atoms with van der Waals surface area (Å²) >= 11 is 0. The standard InChI is InChI=1S/C34H69NO4/c1-3-5-7-9-11-13-15-16-17-19-21-23-25-27-29-33(38)35-31(30-36)34(39)32(37)28-26-24-22-20-18-14-12-10-8-6-4-2/h31-32,34,36-37,39H,3-30H2,1-2H3,(H,35,38). The number of carbonyl (C=O) groups is 1. The van der Waals surface area contributed by atoms with Crippen molar-refractivity contribution in [1.29, 1.82) is 0 Å². The molecule has 0 aliphatic rings. The summed E-state index contributed by atoms with van der Waals surface area (Å²) in [5.41, 5.74) is 0. The van der Waals surface area contributed by atoms with Crippen LogP contribution in [0.2, 0.25) is 0 Å². The number of amides is 1. The molecule has 234 valence electrons. The molecule has 3 atom stereocenters. The van der Waals surface area contributed by atoms with Crippen molar-refractivity contribution in [3.05, 3.63) is 0 Å². The lowest BCUT2D eigenvalue weighted by atomic mass is 9.99. The lowest BCUT2D eigenvalue weighted by Crippen LogP contribution is -2.50. The van der Waals surface area contributed by atoms with Crippen molar-refractivity contribution in [1.82, 2.24) is 5.32 Å². The topological polar surface area (TPSA) is 89.8 Å². The van der Waals surface area contributed by atoms with Gasteiger partial charge in [0.1, 0.15) is 6.10 Å². The summed E-state index contributed by atoms with van der Waals surface area (Å²) in [6.45, 7) is 4.15. The summed E-state index contributed by atoms with van der Waals surface area (Å²) in [6, 6.07) is -0.799. The molecule has 3 unspecified atom stereocenters. The number of unbranched alkanes of at least 4 members (excludes halogenated alkanes) is 23. The van der Waals surface area contributed by atoms with Crippen molar-refractivity contribution in [2.75, 3.05) is 6.61 Å². The molecule has 0 aromatic heterocycles. The minimum atomic E-state index is -1.13. The smallest absolute Gasteiger partial charge is 0.220 e. The fourth-order valence-corrected chi connectivity index (χ4v) is 5.45. The van der Waals surface area contributed by atoms with Gasteiger partial charge in [-0.15, -0.1) is 0 Å². The van der Waals surface area contributed by atoms with Gasteiger partial charge in [0.05, 0.1) is 18.8 Å². The van der Waals surface area contributed by atoms with E-state index in [1.165, 1.54) is 122 Å². The predicted molar refractivity (Wildman–Crippen MR) is 167 cm³/mol.